The molecule has 0 bridgehead atoms. The second kappa shape index (κ2) is 8.56. The SMILES string of the molecule is C[N+]1(C)CCN(C(=O)c2cccc(Cc3nc(-c4cccc([N+](=O)[O-])c4)cs3)c2)CC1. The maximum absolute atomic E-state index is 12.9. The number of piperazine rings is 1. The number of nitro groups is 1. The third-order valence-corrected chi connectivity index (χ3v) is 6.52. The van der Waals surface area contributed by atoms with Gasteiger partial charge in [0.1, 0.15) is 0 Å². The van der Waals surface area contributed by atoms with Crippen molar-refractivity contribution in [2.45, 2.75) is 6.42 Å². The van der Waals surface area contributed by atoms with Crippen molar-refractivity contribution in [2.24, 2.45) is 0 Å². The van der Waals surface area contributed by atoms with Crippen LogP contribution in [0.1, 0.15) is 20.9 Å². The number of hydrogen-bond donors (Lipinski definition) is 0. The minimum absolute atomic E-state index is 0.0539. The summed E-state index contributed by atoms with van der Waals surface area (Å²) in [5.41, 5.74) is 3.24. The number of aromatic nitrogens is 1. The fraction of sp³-hybridized carbons (Fsp3) is 0.304. The molecule has 0 aliphatic carbocycles. The summed E-state index contributed by atoms with van der Waals surface area (Å²) in [7, 11) is 4.39. The number of quaternary nitrogens is 1. The van der Waals surface area contributed by atoms with Crippen molar-refractivity contribution in [3.05, 3.63) is 80.2 Å². The molecule has 1 aliphatic heterocycles. The highest BCUT2D eigenvalue weighted by Gasteiger charge is 2.27. The predicted octanol–water partition coefficient (Wildman–Crippen LogP) is 3.84. The molecule has 4 rings (SSSR count). The summed E-state index contributed by atoms with van der Waals surface area (Å²) < 4.78 is 0.945. The number of nitrogens with zero attached hydrogens (tertiary/aromatic N) is 4. The van der Waals surface area contributed by atoms with Crippen molar-refractivity contribution in [1.82, 2.24) is 9.88 Å². The lowest BCUT2D eigenvalue weighted by Gasteiger charge is -2.39. The van der Waals surface area contributed by atoms with Gasteiger partial charge in [0.05, 0.1) is 55.9 Å². The lowest BCUT2D eigenvalue weighted by atomic mass is 10.1. The molecule has 160 valence electrons. The number of carbonyl (C=O) groups is 1. The molecule has 1 saturated heterocycles. The first-order valence-corrected chi connectivity index (χ1v) is 11.1. The standard InChI is InChI=1S/C23H25N4O3S/c1-27(2)11-9-25(10-12-27)23(28)19-7-3-5-17(13-19)14-22-24-21(16-31-22)18-6-4-8-20(15-18)26(29)30/h3-8,13,15-16H,9-12,14H2,1-2H3/q+1. The molecule has 1 fully saturated rings. The quantitative estimate of drug-likeness (QED) is 0.345. The van der Waals surface area contributed by atoms with E-state index >= 15 is 0 Å². The van der Waals surface area contributed by atoms with Crippen molar-refractivity contribution in [2.75, 3.05) is 40.3 Å². The van der Waals surface area contributed by atoms with Gasteiger partial charge in [0.15, 0.2) is 0 Å². The van der Waals surface area contributed by atoms with Crippen LogP contribution in [0.2, 0.25) is 0 Å². The van der Waals surface area contributed by atoms with E-state index in [1.54, 1.807) is 6.07 Å². The third-order valence-electron chi connectivity index (χ3n) is 5.67. The number of rotatable bonds is 5. The smallest absolute Gasteiger partial charge is 0.270 e. The molecule has 8 heteroatoms. The third kappa shape index (κ3) is 4.98. The lowest BCUT2D eigenvalue weighted by molar-refractivity contribution is -0.894. The molecular formula is C23H25N4O3S+. The van der Waals surface area contributed by atoms with Crippen LogP contribution in [0.25, 0.3) is 11.3 Å². The molecule has 0 saturated carbocycles. The van der Waals surface area contributed by atoms with Crippen LogP contribution in [-0.4, -0.2) is 65.5 Å². The summed E-state index contributed by atoms with van der Waals surface area (Å²) >= 11 is 1.52. The summed E-state index contributed by atoms with van der Waals surface area (Å²) in [5.74, 6) is 0.0815. The maximum Gasteiger partial charge on any atom is 0.270 e. The highest BCUT2D eigenvalue weighted by atomic mass is 32.1. The summed E-state index contributed by atoms with van der Waals surface area (Å²) in [6.45, 7) is 3.47. The van der Waals surface area contributed by atoms with Gasteiger partial charge in [-0.15, -0.1) is 11.3 Å². The summed E-state index contributed by atoms with van der Waals surface area (Å²) in [6.07, 6.45) is 0.616. The normalized spacial score (nSPS) is 15.6. The minimum atomic E-state index is -0.401. The van der Waals surface area contributed by atoms with Crippen LogP contribution in [0, 0.1) is 10.1 Å². The van der Waals surface area contributed by atoms with Gasteiger partial charge in [0.2, 0.25) is 0 Å². The van der Waals surface area contributed by atoms with Crippen molar-refractivity contribution in [1.29, 1.82) is 0 Å². The molecule has 0 unspecified atom stereocenters. The number of amides is 1. The molecule has 0 N–H and O–H groups in total. The molecule has 2 aromatic carbocycles. The predicted molar refractivity (Wildman–Crippen MR) is 121 cm³/mol. The van der Waals surface area contributed by atoms with Crippen LogP contribution in [0.5, 0.6) is 0 Å². The Morgan fingerprint density at radius 2 is 1.90 bits per heavy atom. The van der Waals surface area contributed by atoms with Crippen LogP contribution < -0.4 is 0 Å². The minimum Gasteiger partial charge on any atom is -0.327 e. The topological polar surface area (TPSA) is 76.3 Å². The summed E-state index contributed by atoms with van der Waals surface area (Å²) in [5, 5.41) is 13.8. The highest BCUT2D eigenvalue weighted by molar-refractivity contribution is 7.10. The van der Waals surface area contributed by atoms with Gasteiger partial charge in [-0.3, -0.25) is 14.9 Å². The number of nitro benzene ring substituents is 1. The highest BCUT2D eigenvalue weighted by Crippen LogP contribution is 2.26. The number of non-ortho nitro benzene ring substituents is 1. The Kier molecular flexibility index (Phi) is 5.84. The van der Waals surface area contributed by atoms with Crippen LogP contribution in [0.4, 0.5) is 5.69 Å². The molecule has 1 aromatic heterocycles. The Morgan fingerprint density at radius 3 is 2.65 bits per heavy atom. The van der Waals surface area contributed by atoms with E-state index in [0.29, 0.717) is 12.0 Å². The summed E-state index contributed by atoms with van der Waals surface area (Å²) in [4.78, 5) is 30.2. The van der Waals surface area contributed by atoms with Gasteiger partial charge in [-0.2, -0.15) is 0 Å². The Labute approximate surface area is 185 Å². The number of benzene rings is 2. The van der Waals surface area contributed by atoms with Crippen molar-refractivity contribution in [3.63, 3.8) is 0 Å². The zero-order valence-corrected chi connectivity index (χ0v) is 18.5. The average molecular weight is 438 g/mol. The molecule has 31 heavy (non-hydrogen) atoms. The largest absolute Gasteiger partial charge is 0.327 e. The number of likely N-dealkylation sites (N-methyl/N-ethyl adjacent to an activating group) is 1. The summed E-state index contributed by atoms with van der Waals surface area (Å²) in [6, 6.07) is 14.2. The van der Waals surface area contributed by atoms with Gasteiger partial charge in [0, 0.05) is 35.1 Å². The monoisotopic (exact) mass is 437 g/mol. The molecule has 3 aromatic rings. The van der Waals surface area contributed by atoms with E-state index in [1.807, 2.05) is 40.6 Å². The first-order chi connectivity index (χ1) is 14.8. The van der Waals surface area contributed by atoms with Gasteiger partial charge in [0.25, 0.3) is 11.6 Å². The van der Waals surface area contributed by atoms with Crippen LogP contribution >= 0.6 is 11.3 Å². The molecule has 1 aliphatic rings. The number of hydrogen-bond acceptors (Lipinski definition) is 5. The Morgan fingerprint density at radius 1 is 1.16 bits per heavy atom. The molecule has 0 spiro atoms. The fourth-order valence-corrected chi connectivity index (χ4v) is 4.52. The Hall–Kier alpha value is -3.10. The van der Waals surface area contributed by atoms with Gasteiger partial charge in [-0.1, -0.05) is 24.3 Å². The van der Waals surface area contributed by atoms with Crippen LogP contribution in [0.15, 0.2) is 53.9 Å². The van der Waals surface area contributed by atoms with E-state index in [9.17, 15) is 14.9 Å². The van der Waals surface area contributed by atoms with E-state index in [-0.39, 0.29) is 11.6 Å². The van der Waals surface area contributed by atoms with Crippen molar-refractivity contribution in [3.8, 4) is 11.3 Å². The van der Waals surface area contributed by atoms with Gasteiger partial charge in [-0.25, -0.2) is 4.98 Å². The van der Waals surface area contributed by atoms with E-state index in [1.165, 1.54) is 23.5 Å². The van der Waals surface area contributed by atoms with Crippen LogP contribution in [0.3, 0.4) is 0 Å². The van der Waals surface area contributed by atoms with Crippen molar-refractivity contribution < 1.29 is 14.2 Å². The number of thiazole rings is 1. The zero-order chi connectivity index (χ0) is 22.0. The second-order valence-electron chi connectivity index (χ2n) is 8.49. The average Bonchev–Trinajstić information content (AvgIpc) is 3.22. The maximum atomic E-state index is 12.9. The Bertz CT molecular complexity index is 1120. The molecule has 0 radical (unpaired) electrons. The van der Waals surface area contributed by atoms with Gasteiger partial charge >= 0.3 is 0 Å². The first-order valence-electron chi connectivity index (χ1n) is 10.2. The molecule has 1 amide bonds. The van der Waals surface area contributed by atoms with Gasteiger partial charge in [-0.05, 0) is 17.7 Å². The van der Waals surface area contributed by atoms with E-state index in [4.69, 9.17) is 0 Å². The Balaban J connectivity index is 1.47. The number of carbonyl (C=O) groups excluding carboxylic acids is 1. The van der Waals surface area contributed by atoms with E-state index < -0.39 is 4.92 Å². The second-order valence-corrected chi connectivity index (χ2v) is 9.43. The fourth-order valence-electron chi connectivity index (χ4n) is 3.68. The molecule has 7 nitrogen and oxygen atoms in total. The van der Waals surface area contributed by atoms with E-state index in [0.717, 1.165) is 52.5 Å². The van der Waals surface area contributed by atoms with Crippen molar-refractivity contribution >= 4 is 22.9 Å². The lowest BCUT2D eigenvalue weighted by Crippen LogP contribution is -2.56. The van der Waals surface area contributed by atoms with E-state index in [2.05, 4.69) is 19.1 Å². The van der Waals surface area contributed by atoms with Gasteiger partial charge < -0.3 is 9.38 Å². The first kappa shape index (κ1) is 21.1. The van der Waals surface area contributed by atoms with Crippen LogP contribution in [-0.2, 0) is 6.42 Å². The zero-order valence-electron chi connectivity index (χ0n) is 17.7. The molecular weight excluding hydrogens is 412 g/mol. The molecule has 0 atom stereocenters. The molecule has 2 heterocycles.